The van der Waals surface area contributed by atoms with E-state index in [0.29, 0.717) is 0 Å². The van der Waals surface area contributed by atoms with Crippen LogP contribution in [-0.2, 0) is 0 Å². The summed E-state index contributed by atoms with van der Waals surface area (Å²) in [4.78, 5) is 0. The van der Waals surface area contributed by atoms with Gasteiger partial charge in [-0.05, 0) is 69.8 Å². The molecule has 0 aliphatic rings. The second kappa shape index (κ2) is 3.18. The van der Waals surface area contributed by atoms with E-state index in [0.717, 1.165) is 0 Å². The van der Waals surface area contributed by atoms with Crippen molar-refractivity contribution in [2.24, 2.45) is 0 Å². The summed E-state index contributed by atoms with van der Waals surface area (Å²) in [6.07, 6.45) is 0. The smallest absolute Gasteiger partial charge is 0.0170 e. The Morgan fingerprint density at radius 1 is 1.22 bits per heavy atom. The molecule has 0 aromatic heterocycles. The molecule has 1 aromatic rings. The van der Waals surface area contributed by atoms with Gasteiger partial charge in [-0.15, -0.1) is 0 Å². The molecule has 0 nitrogen and oxygen atoms in total. The van der Waals surface area contributed by atoms with Gasteiger partial charge in [-0.3, -0.25) is 0 Å². The molecule has 0 heterocycles. The molecular formula is C7H6I2. The minimum absolute atomic E-state index is 1.31. The fraction of sp³-hybridized carbons (Fsp3) is 0.143. The normalized spacial score (nSPS) is 9.67. The van der Waals surface area contributed by atoms with Crippen LogP contribution < -0.4 is 0 Å². The number of rotatable bonds is 0. The lowest BCUT2D eigenvalue weighted by molar-refractivity contribution is 1.41. The lowest BCUT2D eigenvalue weighted by Gasteiger charge is -1.95. The molecule has 0 unspecified atom stereocenters. The molecule has 0 atom stereocenters. The molecule has 0 aliphatic heterocycles. The van der Waals surface area contributed by atoms with Crippen LogP contribution in [0.2, 0.25) is 0 Å². The lowest BCUT2D eigenvalue weighted by atomic mass is 10.2. The highest BCUT2D eigenvalue weighted by Crippen LogP contribution is 2.14. The van der Waals surface area contributed by atoms with Gasteiger partial charge in [0.1, 0.15) is 0 Å². The van der Waals surface area contributed by atoms with E-state index in [4.69, 9.17) is 0 Å². The van der Waals surface area contributed by atoms with E-state index in [1.165, 1.54) is 12.7 Å². The van der Waals surface area contributed by atoms with Crippen LogP contribution in [0, 0.1) is 14.1 Å². The SMILES string of the molecule is Cc1ccc(I)cc1I. The minimum atomic E-state index is 1.31. The van der Waals surface area contributed by atoms with Crippen LogP contribution >= 0.6 is 45.2 Å². The summed E-state index contributed by atoms with van der Waals surface area (Å²) in [5.74, 6) is 0. The first-order valence-corrected chi connectivity index (χ1v) is 4.77. The summed E-state index contributed by atoms with van der Waals surface area (Å²) in [6.45, 7) is 2.12. The van der Waals surface area contributed by atoms with Gasteiger partial charge in [0, 0.05) is 7.14 Å². The molecule has 0 N–H and O–H groups in total. The molecule has 0 aliphatic carbocycles. The van der Waals surface area contributed by atoms with E-state index < -0.39 is 0 Å². The van der Waals surface area contributed by atoms with Gasteiger partial charge in [0.2, 0.25) is 0 Å². The fourth-order valence-corrected chi connectivity index (χ4v) is 2.17. The van der Waals surface area contributed by atoms with Crippen molar-refractivity contribution in [3.8, 4) is 0 Å². The van der Waals surface area contributed by atoms with Gasteiger partial charge in [0.05, 0.1) is 0 Å². The minimum Gasteiger partial charge on any atom is -0.0572 e. The van der Waals surface area contributed by atoms with Gasteiger partial charge >= 0.3 is 0 Å². The van der Waals surface area contributed by atoms with E-state index in [-0.39, 0.29) is 0 Å². The van der Waals surface area contributed by atoms with Gasteiger partial charge in [-0.1, -0.05) is 6.07 Å². The molecule has 0 saturated heterocycles. The zero-order valence-electron chi connectivity index (χ0n) is 4.99. The largest absolute Gasteiger partial charge is 0.0572 e. The van der Waals surface area contributed by atoms with E-state index in [2.05, 4.69) is 70.3 Å². The van der Waals surface area contributed by atoms with E-state index in [1.54, 1.807) is 0 Å². The zero-order valence-corrected chi connectivity index (χ0v) is 9.30. The Balaban J connectivity index is 3.17. The highest BCUT2D eigenvalue weighted by molar-refractivity contribution is 14.1. The summed E-state index contributed by atoms with van der Waals surface area (Å²) >= 11 is 4.66. The van der Waals surface area contributed by atoms with Crippen LogP contribution in [0.15, 0.2) is 18.2 Å². The quantitative estimate of drug-likeness (QED) is 0.635. The lowest BCUT2D eigenvalue weighted by Crippen LogP contribution is -1.79. The van der Waals surface area contributed by atoms with Crippen LogP contribution in [0.3, 0.4) is 0 Å². The van der Waals surface area contributed by atoms with Crippen LogP contribution in [0.4, 0.5) is 0 Å². The van der Waals surface area contributed by atoms with E-state index >= 15 is 0 Å². The third kappa shape index (κ3) is 2.07. The highest BCUT2D eigenvalue weighted by atomic mass is 127. The van der Waals surface area contributed by atoms with Crippen molar-refractivity contribution >= 4 is 45.2 Å². The molecule has 0 spiro atoms. The fourth-order valence-electron chi connectivity index (χ4n) is 0.567. The third-order valence-electron chi connectivity index (χ3n) is 1.13. The molecule has 1 rings (SSSR count). The maximum atomic E-state index is 2.35. The number of hydrogen-bond acceptors (Lipinski definition) is 0. The summed E-state index contributed by atoms with van der Waals surface area (Å²) < 4.78 is 2.65. The Morgan fingerprint density at radius 3 is 2.33 bits per heavy atom. The molecule has 0 bridgehead atoms. The Bertz CT molecular complexity index is 218. The second-order valence-corrected chi connectivity index (χ2v) is 4.30. The first-order valence-electron chi connectivity index (χ1n) is 2.62. The number of benzene rings is 1. The van der Waals surface area contributed by atoms with Crippen molar-refractivity contribution in [2.75, 3.05) is 0 Å². The third-order valence-corrected chi connectivity index (χ3v) is 2.97. The topological polar surface area (TPSA) is 0 Å². The Morgan fingerprint density at radius 2 is 1.89 bits per heavy atom. The second-order valence-electron chi connectivity index (χ2n) is 1.89. The average molecular weight is 344 g/mol. The van der Waals surface area contributed by atoms with Crippen molar-refractivity contribution in [3.05, 3.63) is 30.9 Å². The number of halogens is 2. The maximum absolute atomic E-state index is 2.35. The Labute approximate surface area is 82.3 Å². The first kappa shape index (κ1) is 7.78. The van der Waals surface area contributed by atoms with Gasteiger partial charge in [0.25, 0.3) is 0 Å². The summed E-state index contributed by atoms with van der Waals surface area (Å²) in [5, 5.41) is 0. The number of aryl methyl sites for hydroxylation is 1. The first-order chi connectivity index (χ1) is 4.20. The number of hydrogen-bond donors (Lipinski definition) is 0. The average Bonchev–Trinajstić information content (AvgIpc) is 1.80. The molecule has 2 heteroatoms. The molecule has 0 radical (unpaired) electrons. The molecule has 1 aromatic carbocycles. The predicted molar refractivity (Wildman–Crippen MR) is 56.6 cm³/mol. The van der Waals surface area contributed by atoms with Gasteiger partial charge in [-0.2, -0.15) is 0 Å². The van der Waals surface area contributed by atoms with Crippen molar-refractivity contribution in [1.82, 2.24) is 0 Å². The highest BCUT2D eigenvalue weighted by Gasteiger charge is 1.91. The summed E-state index contributed by atoms with van der Waals surface area (Å²) in [7, 11) is 0. The van der Waals surface area contributed by atoms with Gasteiger partial charge in [-0.25, -0.2) is 0 Å². The van der Waals surface area contributed by atoms with E-state index in [1.807, 2.05) is 0 Å². The van der Waals surface area contributed by atoms with Crippen molar-refractivity contribution in [3.63, 3.8) is 0 Å². The van der Waals surface area contributed by atoms with Crippen molar-refractivity contribution < 1.29 is 0 Å². The summed E-state index contributed by atoms with van der Waals surface area (Å²) in [6, 6.07) is 6.44. The molecular weight excluding hydrogens is 338 g/mol. The molecule has 0 amide bonds. The predicted octanol–water partition coefficient (Wildman–Crippen LogP) is 3.20. The van der Waals surface area contributed by atoms with Crippen LogP contribution in [-0.4, -0.2) is 0 Å². The molecule has 48 valence electrons. The van der Waals surface area contributed by atoms with Gasteiger partial charge in [0.15, 0.2) is 0 Å². The molecule has 0 fully saturated rings. The van der Waals surface area contributed by atoms with Gasteiger partial charge < -0.3 is 0 Å². The Hall–Kier alpha value is 0.680. The molecule has 0 saturated carbocycles. The Kier molecular flexibility index (Phi) is 2.75. The van der Waals surface area contributed by atoms with Crippen LogP contribution in [0.25, 0.3) is 0 Å². The van der Waals surface area contributed by atoms with Crippen molar-refractivity contribution in [1.29, 1.82) is 0 Å². The monoisotopic (exact) mass is 344 g/mol. The zero-order chi connectivity index (χ0) is 6.85. The van der Waals surface area contributed by atoms with E-state index in [9.17, 15) is 0 Å². The van der Waals surface area contributed by atoms with Crippen molar-refractivity contribution in [2.45, 2.75) is 6.92 Å². The molecule has 9 heavy (non-hydrogen) atoms. The maximum Gasteiger partial charge on any atom is 0.0170 e. The summed E-state index contributed by atoms with van der Waals surface area (Å²) in [5.41, 5.74) is 1.36. The standard InChI is InChI=1S/C7H6I2/c1-5-2-3-6(8)4-7(5)9/h2-4H,1H3. The van der Waals surface area contributed by atoms with Crippen LogP contribution in [0.1, 0.15) is 5.56 Å². The van der Waals surface area contributed by atoms with Crippen LogP contribution in [0.5, 0.6) is 0 Å².